The van der Waals surface area contributed by atoms with Gasteiger partial charge in [0.1, 0.15) is 5.60 Å². The zero-order valence-corrected chi connectivity index (χ0v) is 15.2. The van der Waals surface area contributed by atoms with Crippen LogP contribution in [0.2, 0.25) is 0 Å². The van der Waals surface area contributed by atoms with Crippen molar-refractivity contribution in [2.75, 3.05) is 20.1 Å². The van der Waals surface area contributed by atoms with Gasteiger partial charge in [0.05, 0.1) is 5.69 Å². The fourth-order valence-electron chi connectivity index (χ4n) is 3.19. The highest BCUT2D eigenvalue weighted by atomic mass is 16.6. The van der Waals surface area contributed by atoms with Gasteiger partial charge in [-0.15, -0.1) is 0 Å². The molecule has 6 nitrogen and oxygen atoms in total. The van der Waals surface area contributed by atoms with Gasteiger partial charge in [-0.3, -0.25) is 4.68 Å². The maximum absolute atomic E-state index is 12.2. The molecule has 0 aliphatic carbocycles. The average molecular weight is 322 g/mol. The Bertz CT molecular complexity index is 547. The van der Waals surface area contributed by atoms with Gasteiger partial charge >= 0.3 is 6.09 Å². The van der Waals surface area contributed by atoms with Crippen molar-refractivity contribution in [3.63, 3.8) is 0 Å². The molecule has 2 heterocycles. The molecule has 2 rings (SSSR count). The molecule has 1 aliphatic rings. The first-order valence-corrected chi connectivity index (χ1v) is 8.34. The van der Waals surface area contributed by atoms with Crippen LogP contribution in [0.3, 0.4) is 0 Å². The van der Waals surface area contributed by atoms with Crippen molar-refractivity contribution in [1.82, 2.24) is 20.0 Å². The number of likely N-dealkylation sites (N-methyl/N-ethyl adjacent to an activating group) is 1. The number of nitrogens with zero attached hydrogens (tertiary/aromatic N) is 3. The molecular formula is C17H30N4O2. The maximum atomic E-state index is 12.2. The van der Waals surface area contributed by atoms with E-state index in [0.717, 1.165) is 31.6 Å². The van der Waals surface area contributed by atoms with Crippen LogP contribution in [-0.2, 0) is 18.2 Å². The predicted octanol–water partition coefficient (Wildman–Crippen LogP) is 2.12. The summed E-state index contributed by atoms with van der Waals surface area (Å²) in [6.07, 6.45) is 1.72. The van der Waals surface area contributed by atoms with Gasteiger partial charge in [-0.1, -0.05) is 0 Å². The van der Waals surface area contributed by atoms with Crippen molar-refractivity contribution < 1.29 is 9.53 Å². The van der Waals surface area contributed by atoms with Crippen molar-refractivity contribution >= 4 is 6.09 Å². The summed E-state index contributed by atoms with van der Waals surface area (Å²) in [5, 5.41) is 7.83. The molecule has 23 heavy (non-hydrogen) atoms. The number of ether oxygens (including phenoxy) is 1. The Morgan fingerprint density at radius 3 is 2.74 bits per heavy atom. The van der Waals surface area contributed by atoms with E-state index in [4.69, 9.17) is 4.74 Å². The molecule has 0 spiro atoms. The number of aromatic nitrogens is 2. The normalized spacial score (nSPS) is 19.9. The molecule has 0 saturated carbocycles. The van der Waals surface area contributed by atoms with E-state index in [0.29, 0.717) is 12.0 Å². The highest BCUT2D eigenvalue weighted by Crippen LogP contribution is 2.24. The molecule has 1 aliphatic heterocycles. The molecule has 6 heteroatoms. The van der Waals surface area contributed by atoms with Crippen molar-refractivity contribution in [2.24, 2.45) is 13.0 Å². The minimum absolute atomic E-state index is 0.203. The topological polar surface area (TPSA) is 59.4 Å². The molecular weight excluding hydrogens is 292 g/mol. The second-order valence-corrected chi connectivity index (χ2v) is 7.48. The van der Waals surface area contributed by atoms with Crippen molar-refractivity contribution in [2.45, 2.75) is 52.2 Å². The summed E-state index contributed by atoms with van der Waals surface area (Å²) >= 11 is 0. The number of carbonyl (C=O) groups is 1. The molecule has 1 fully saturated rings. The smallest absolute Gasteiger partial charge is 0.410 e. The number of carbonyl (C=O) groups excluding carboxylic acids is 1. The molecule has 2 atom stereocenters. The summed E-state index contributed by atoms with van der Waals surface area (Å²) in [6, 6.07) is 2.46. The summed E-state index contributed by atoms with van der Waals surface area (Å²) in [5.74, 6) is 0.433. The van der Waals surface area contributed by atoms with Crippen LogP contribution in [0, 0.1) is 12.8 Å². The van der Waals surface area contributed by atoms with E-state index in [-0.39, 0.29) is 6.09 Å². The van der Waals surface area contributed by atoms with Crippen LogP contribution in [0.5, 0.6) is 0 Å². The summed E-state index contributed by atoms with van der Waals surface area (Å²) in [5.41, 5.74) is 1.82. The summed E-state index contributed by atoms with van der Waals surface area (Å²) in [6.45, 7) is 9.23. The lowest BCUT2D eigenvalue weighted by atomic mass is 9.95. The van der Waals surface area contributed by atoms with E-state index in [9.17, 15) is 4.79 Å². The van der Waals surface area contributed by atoms with Gasteiger partial charge in [0.15, 0.2) is 0 Å². The number of likely N-dealkylation sites (tertiary alicyclic amines) is 1. The fraction of sp³-hybridized carbons (Fsp3) is 0.765. The largest absolute Gasteiger partial charge is 0.444 e. The number of aryl methyl sites for hydroxylation is 2. The van der Waals surface area contributed by atoms with Crippen LogP contribution >= 0.6 is 0 Å². The van der Waals surface area contributed by atoms with E-state index >= 15 is 0 Å². The molecule has 0 aromatic carbocycles. The Kier molecular flexibility index (Phi) is 5.34. The van der Waals surface area contributed by atoms with Crippen molar-refractivity contribution in [3.05, 3.63) is 17.5 Å². The van der Waals surface area contributed by atoms with E-state index in [1.807, 2.05) is 51.4 Å². The first-order valence-electron chi connectivity index (χ1n) is 8.34. The lowest BCUT2D eigenvalue weighted by molar-refractivity contribution is 0.0285. The van der Waals surface area contributed by atoms with Gasteiger partial charge in [0, 0.05) is 38.3 Å². The lowest BCUT2D eigenvalue weighted by Crippen LogP contribution is -2.40. The lowest BCUT2D eigenvalue weighted by Gasteiger charge is -2.26. The highest BCUT2D eigenvalue weighted by molar-refractivity contribution is 5.68. The minimum Gasteiger partial charge on any atom is -0.444 e. The third kappa shape index (κ3) is 4.70. The first kappa shape index (κ1) is 17.8. The molecule has 1 amide bonds. The van der Waals surface area contributed by atoms with Crippen LogP contribution in [0.25, 0.3) is 0 Å². The van der Waals surface area contributed by atoms with Crippen LogP contribution in [0.1, 0.15) is 38.6 Å². The van der Waals surface area contributed by atoms with Gasteiger partial charge in [-0.2, -0.15) is 5.10 Å². The molecule has 130 valence electrons. The number of hydrogen-bond acceptors (Lipinski definition) is 4. The zero-order valence-electron chi connectivity index (χ0n) is 15.2. The predicted molar refractivity (Wildman–Crippen MR) is 90.4 cm³/mol. The van der Waals surface area contributed by atoms with Gasteiger partial charge in [-0.25, -0.2) is 4.79 Å². The second kappa shape index (κ2) is 6.91. The van der Waals surface area contributed by atoms with Gasteiger partial charge in [0.25, 0.3) is 0 Å². The number of hydrogen-bond donors (Lipinski definition) is 1. The molecule has 0 bridgehead atoms. The molecule has 1 saturated heterocycles. The van der Waals surface area contributed by atoms with Crippen LogP contribution < -0.4 is 5.32 Å². The van der Waals surface area contributed by atoms with Gasteiger partial charge in [0.2, 0.25) is 0 Å². The fourth-order valence-corrected chi connectivity index (χ4v) is 3.19. The number of amides is 1. The average Bonchev–Trinajstić information content (AvgIpc) is 3.01. The Labute approximate surface area is 139 Å². The minimum atomic E-state index is -0.441. The Morgan fingerprint density at radius 1 is 1.52 bits per heavy atom. The van der Waals surface area contributed by atoms with E-state index < -0.39 is 5.60 Å². The standard InChI is InChI=1S/C17H30N4O2/c1-12-9-14(20(6)19-12)10-15(18-5)13-7-8-21(11-13)16(22)23-17(2,3)4/h9,13,15,18H,7-8,10-11H2,1-6H3. The summed E-state index contributed by atoms with van der Waals surface area (Å²) in [7, 11) is 3.97. The van der Waals surface area contributed by atoms with E-state index in [1.165, 1.54) is 5.69 Å². The van der Waals surface area contributed by atoms with Crippen LogP contribution in [-0.4, -0.2) is 52.6 Å². The Hall–Kier alpha value is -1.56. The van der Waals surface area contributed by atoms with Crippen molar-refractivity contribution in [1.29, 1.82) is 0 Å². The van der Waals surface area contributed by atoms with Crippen LogP contribution in [0.4, 0.5) is 4.79 Å². The van der Waals surface area contributed by atoms with Gasteiger partial charge in [-0.05, 0) is 53.1 Å². The number of nitrogens with one attached hydrogen (secondary N) is 1. The number of rotatable bonds is 4. The molecule has 0 radical (unpaired) electrons. The quantitative estimate of drug-likeness (QED) is 0.922. The third-order valence-electron chi connectivity index (χ3n) is 4.34. The maximum Gasteiger partial charge on any atom is 0.410 e. The Balaban J connectivity index is 1.96. The second-order valence-electron chi connectivity index (χ2n) is 7.48. The zero-order chi connectivity index (χ0) is 17.2. The molecule has 2 unspecified atom stereocenters. The highest BCUT2D eigenvalue weighted by Gasteiger charge is 2.33. The van der Waals surface area contributed by atoms with Crippen LogP contribution in [0.15, 0.2) is 6.07 Å². The third-order valence-corrected chi connectivity index (χ3v) is 4.34. The summed E-state index contributed by atoms with van der Waals surface area (Å²) < 4.78 is 7.42. The molecule has 1 N–H and O–H groups in total. The van der Waals surface area contributed by atoms with Crippen molar-refractivity contribution in [3.8, 4) is 0 Å². The molecule has 1 aromatic heterocycles. The summed E-state index contributed by atoms with van der Waals surface area (Å²) in [4.78, 5) is 14.0. The molecule has 1 aromatic rings. The van der Waals surface area contributed by atoms with E-state index in [2.05, 4.69) is 16.5 Å². The van der Waals surface area contributed by atoms with E-state index in [1.54, 1.807) is 0 Å². The van der Waals surface area contributed by atoms with Gasteiger partial charge < -0.3 is 15.0 Å². The monoisotopic (exact) mass is 322 g/mol. The SMILES string of the molecule is CNC(Cc1cc(C)nn1C)C1CCN(C(=O)OC(C)(C)C)C1. The first-order chi connectivity index (χ1) is 10.7. The Morgan fingerprint density at radius 2 is 2.22 bits per heavy atom.